The number of anilines is 2. The summed E-state index contributed by atoms with van der Waals surface area (Å²) in [5, 5.41) is 7.14. The number of pyridine rings is 1. The van der Waals surface area contributed by atoms with Gasteiger partial charge < -0.3 is 15.5 Å². The number of benzene rings is 2. The van der Waals surface area contributed by atoms with Crippen molar-refractivity contribution < 1.29 is 0 Å². The average Bonchev–Trinajstić information content (AvgIpc) is 2.78. The van der Waals surface area contributed by atoms with Gasteiger partial charge in [0, 0.05) is 19.6 Å². The van der Waals surface area contributed by atoms with Crippen molar-refractivity contribution in [2.45, 2.75) is 25.8 Å². The molecule has 2 aromatic carbocycles. The normalized spacial score (nSPS) is 12.9. The van der Waals surface area contributed by atoms with E-state index in [2.05, 4.69) is 75.1 Å². The molecule has 0 fully saturated rings. The minimum absolute atomic E-state index is 0.638. The summed E-state index contributed by atoms with van der Waals surface area (Å²) in [7, 11) is 0. The molecule has 2 N–H and O–H groups in total. The highest BCUT2D eigenvalue weighted by atomic mass is 32.1. The number of hydrogen-bond donors (Lipinski definition) is 2. The van der Waals surface area contributed by atoms with E-state index in [0.717, 1.165) is 50.4 Å². The Morgan fingerprint density at radius 3 is 2.55 bits per heavy atom. The Morgan fingerprint density at radius 2 is 1.76 bits per heavy atom. The van der Waals surface area contributed by atoms with E-state index in [0.29, 0.717) is 5.11 Å². The molecule has 1 aliphatic heterocycles. The van der Waals surface area contributed by atoms with Crippen molar-refractivity contribution in [1.82, 2.24) is 10.3 Å². The topological polar surface area (TPSA) is 40.2 Å². The lowest BCUT2D eigenvalue weighted by molar-refractivity contribution is 0.721. The van der Waals surface area contributed by atoms with Gasteiger partial charge >= 0.3 is 0 Å². The van der Waals surface area contributed by atoms with Crippen molar-refractivity contribution in [3.63, 3.8) is 0 Å². The Morgan fingerprint density at radius 1 is 0.966 bits per heavy atom. The van der Waals surface area contributed by atoms with Crippen LogP contribution in [0.25, 0.3) is 0 Å². The van der Waals surface area contributed by atoms with Crippen LogP contribution in [0.5, 0.6) is 0 Å². The average molecular weight is 403 g/mol. The van der Waals surface area contributed by atoms with Gasteiger partial charge in [0.15, 0.2) is 5.11 Å². The largest absolute Gasteiger partial charge is 0.362 e. The minimum Gasteiger partial charge on any atom is -0.362 e. The fraction of sp³-hybridized carbons (Fsp3) is 0.250. The second-order valence-corrected chi connectivity index (χ2v) is 7.72. The Kier molecular flexibility index (Phi) is 6.37. The van der Waals surface area contributed by atoms with Gasteiger partial charge in [-0.3, -0.25) is 0 Å². The van der Waals surface area contributed by atoms with Crippen molar-refractivity contribution in [3.8, 4) is 0 Å². The summed E-state index contributed by atoms with van der Waals surface area (Å²) in [4.78, 5) is 6.97. The Hall–Kier alpha value is -2.92. The zero-order valence-electron chi connectivity index (χ0n) is 16.5. The maximum Gasteiger partial charge on any atom is 0.170 e. The first kappa shape index (κ1) is 19.4. The predicted molar refractivity (Wildman–Crippen MR) is 124 cm³/mol. The molecule has 0 radical (unpaired) electrons. The molecule has 2 heterocycles. The summed E-state index contributed by atoms with van der Waals surface area (Å²) in [6.45, 7) is 2.76. The van der Waals surface area contributed by atoms with Crippen LogP contribution in [0.15, 0.2) is 72.9 Å². The molecule has 0 saturated carbocycles. The van der Waals surface area contributed by atoms with E-state index in [4.69, 9.17) is 12.2 Å². The number of nitrogens with zero attached hydrogens (tertiary/aromatic N) is 2. The van der Waals surface area contributed by atoms with Crippen LogP contribution in [0.2, 0.25) is 0 Å². The van der Waals surface area contributed by atoms with Crippen molar-refractivity contribution in [3.05, 3.63) is 89.6 Å². The van der Waals surface area contributed by atoms with E-state index in [1.165, 1.54) is 16.7 Å². The monoisotopic (exact) mass is 402 g/mol. The number of fused-ring (bicyclic) bond motifs is 1. The summed E-state index contributed by atoms with van der Waals surface area (Å²) in [6, 6.07) is 23.3. The molecule has 29 heavy (non-hydrogen) atoms. The molecule has 3 aromatic rings. The molecule has 1 aliphatic rings. The van der Waals surface area contributed by atoms with Gasteiger partial charge in [-0.25, -0.2) is 4.98 Å². The lowest BCUT2D eigenvalue weighted by Gasteiger charge is -2.29. The second-order valence-electron chi connectivity index (χ2n) is 7.32. The maximum atomic E-state index is 5.41. The van der Waals surface area contributed by atoms with Crippen LogP contribution in [0.4, 0.5) is 11.5 Å². The van der Waals surface area contributed by atoms with Crippen molar-refractivity contribution in [1.29, 1.82) is 0 Å². The first-order chi connectivity index (χ1) is 14.3. The standard InChI is InChI=1S/C24H26N4S/c29-24(25-15-6-9-19-7-2-1-3-8-19)27-22-12-13-23(26-17-22)28-16-14-20-10-4-5-11-21(20)18-28/h1-5,7-8,10-13,17H,6,9,14-16,18H2,(H2,25,27,29). The second kappa shape index (κ2) is 9.52. The van der Waals surface area contributed by atoms with Crippen LogP contribution < -0.4 is 15.5 Å². The van der Waals surface area contributed by atoms with Gasteiger partial charge in [0.1, 0.15) is 5.82 Å². The summed E-state index contributed by atoms with van der Waals surface area (Å²) >= 11 is 5.41. The SMILES string of the molecule is S=C(NCCCc1ccccc1)Nc1ccc(N2CCc3ccccc3C2)nc1. The maximum absolute atomic E-state index is 5.41. The Balaban J connectivity index is 1.23. The van der Waals surface area contributed by atoms with Gasteiger partial charge in [0.2, 0.25) is 0 Å². The molecule has 0 amide bonds. The quantitative estimate of drug-likeness (QED) is 0.467. The van der Waals surface area contributed by atoms with E-state index >= 15 is 0 Å². The highest BCUT2D eigenvalue weighted by molar-refractivity contribution is 7.80. The molecule has 0 atom stereocenters. The lowest BCUT2D eigenvalue weighted by atomic mass is 10.00. The van der Waals surface area contributed by atoms with Crippen LogP contribution in [-0.4, -0.2) is 23.2 Å². The van der Waals surface area contributed by atoms with Crippen LogP contribution in [0.3, 0.4) is 0 Å². The van der Waals surface area contributed by atoms with E-state index < -0.39 is 0 Å². The number of thiocarbonyl (C=S) groups is 1. The molecule has 5 heteroatoms. The first-order valence-electron chi connectivity index (χ1n) is 10.1. The molecular weight excluding hydrogens is 376 g/mol. The molecule has 0 unspecified atom stereocenters. The van der Waals surface area contributed by atoms with Gasteiger partial charge in [-0.1, -0.05) is 54.6 Å². The highest BCUT2D eigenvalue weighted by Gasteiger charge is 2.16. The minimum atomic E-state index is 0.638. The third-order valence-electron chi connectivity index (χ3n) is 5.23. The summed E-state index contributed by atoms with van der Waals surface area (Å²) in [5.41, 5.74) is 5.11. The number of rotatable bonds is 6. The highest BCUT2D eigenvalue weighted by Crippen LogP contribution is 2.23. The van der Waals surface area contributed by atoms with E-state index in [1.807, 2.05) is 18.3 Å². The van der Waals surface area contributed by atoms with Gasteiger partial charge in [-0.15, -0.1) is 0 Å². The van der Waals surface area contributed by atoms with Crippen molar-refractivity contribution in [2.75, 3.05) is 23.3 Å². The van der Waals surface area contributed by atoms with Crippen molar-refractivity contribution >= 4 is 28.8 Å². The van der Waals surface area contributed by atoms with Crippen LogP contribution in [-0.2, 0) is 19.4 Å². The van der Waals surface area contributed by atoms with Crippen LogP contribution in [0, 0.1) is 0 Å². The molecule has 148 valence electrons. The van der Waals surface area contributed by atoms with Crippen molar-refractivity contribution in [2.24, 2.45) is 0 Å². The Labute approximate surface area is 178 Å². The summed E-state index contributed by atoms with van der Waals surface area (Å²) in [5.74, 6) is 1.01. The summed E-state index contributed by atoms with van der Waals surface area (Å²) in [6.07, 6.45) is 5.01. The molecule has 4 nitrogen and oxygen atoms in total. The molecule has 0 saturated heterocycles. The van der Waals surface area contributed by atoms with Crippen LogP contribution >= 0.6 is 12.2 Å². The fourth-order valence-corrected chi connectivity index (χ4v) is 3.87. The molecule has 0 bridgehead atoms. The zero-order valence-corrected chi connectivity index (χ0v) is 17.3. The third kappa shape index (κ3) is 5.33. The molecule has 4 rings (SSSR count). The third-order valence-corrected chi connectivity index (χ3v) is 5.48. The molecule has 1 aromatic heterocycles. The van der Waals surface area contributed by atoms with Gasteiger partial charge in [-0.05, 0) is 60.3 Å². The van der Waals surface area contributed by atoms with E-state index in [-0.39, 0.29) is 0 Å². The predicted octanol–water partition coefficient (Wildman–Crippen LogP) is 4.56. The molecule has 0 aliphatic carbocycles. The molecule has 0 spiro atoms. The number of hydrogen-bond acceptors (Lipinski definition) is 3. The number of aromatic nitrogens is 1. The number of aryl methyl sites for hydroxylation is 1. The zero-order chi connectivity index (χ0) is 19.9. The molecular formula is C24H26N4S. The summed E-state index contributed by atoms with van der Waals surface area (Å²) < 4.78 is 0. The fourth-order valence-electron chi connectivity index (χ4n) is 3.65. The van der Waals surface area contributed by atoms with E-state index in [1.54, 1.807) is 0 Å². The van der Waals surface area contributed by atoms with Crippen LogP contribution in [0.1, 0.15) is 23.1 Å². The smallest absolute Gasteiger partial charge is 0.170 e. The van der Waals surface area contributed by atoms with Gasteiger partial charge in [0.25, 0.3) is 0 Å². The lowest BCUT2D eigenvalue weighted by Crippen LogP contribution is -2.31. The Bertz CT molecular complexity index is 941. The van der Waals surface area contributed by atoms with Gasteiger partial charge in [0.05, 0.1) is 11.9 Å². The first-order valence-corrected chi connectivity index (χ1v) is 10.6. The number of nitrogens with one attached hydrogen (secondary N) is 2. The van der Waals surface area contributed by atoms with E-state index in [9.17, 15) is 0 Å². The van der Waals surface area contributed by atoms with Gasteiger partial charge in [-0.2, -0.15) is 0 Å².